The van der Waals surface area contributed by atoms with E-state index >= 15 is 0 Å². The maximum atomic E-state index is 12.7. The van der Waals surface area contributed by atoms with Gasteiger partial charge in [-0.3, -0.25) is 0 Å². The van der Waals surface area contributed by atoms with E-state index in [1.54, 1.807) is 0 Å². The van der Waals surface area contributed by atoms with Crippen molar-refractivity contribution >= 4 is 0 Å². The zero-order chi connectivity index (χ0) is 12.0. The minimum Gasteiger partial charge on any atom is -0.390 e. The molecule has 1 aromatic heterocycles. The molecule has 0 aromatic carbocycles. The second kappa shape index (κ2) is 5.96. The van der Waals surface area contributed by atoms with Crippen LogP contribution in [0.15, 0.2) is 18.5 Å². The summed E-state index contributed by atoms with van der Waals surface area (Å²) in [6.07, 6.45) is 4.92. The van der Waals surface area contributed by atoms with Gasteiger partial charge in [-0.15, -0.1) is 0 Å². The third kappa shape index (κ3) is 4.28. The molecule has 1 heterocycles. The second-order valence-electron chi connectivity index (χ2n) is 3.88. The Morgan fingerprint density at radius 1 is 1.50 bits per heavy atom. The van der Waals surface area contributed by atoms with Gasteiger partial charge in [-0.1, -0.05) is 6.92 Å². The molecule has 0 saturated heterocycles. The molecule has 1 aromatic rings. The van der Waals surface area contributed by atoms with Crippen LogP contribution in [0, 0.1) is 0 Å². The number of aliphatic hydroxyl groups is 1. The SMILES string of the molecule is CCCn1ccc(CNCC(F)(F)CO)c1. The highest BCUT2D eigenvalue weighted by Crippen LogP contribution is 2.10. The summed E-state index contributed by atoms with van der Waals surface area (Å²) in [5.74, 6) is -3.04. The van der Waals surface area contributed by atoms with E-state index in [-0.39, 0.29) is 0 Å². The Bertz CT molecular complexity index is 313. The predicted molar refractivity (Wildman–Crippen MR) is 58.5 cm³/mol. The molecule has 0 bridgehead atoms. The molecule has 0 aliphatic rings. The second-order valence-corrected chi connectivity index (χ2v) is 3.88. The van der Waals surface area contributed by atoms with Crippen LogP contribution in [0.1, 0.15) is 18.9 Å². The highest BCUT2D eigenvalue weighted by Gasteiger charge is 2.26. The Morgan fingerprint density at radius 2 is 2.25 bits per heavy atom. The average molecular weight is 232 g/mol. The zero-order valence-corrected chi connectivity index (χ0v) is 9.42. The van der Waals surface area contributed by atoms with Crippen LogP contribution in [0.5, 0.6) is 0 Å². The van der Waals surface area contributed by atoms with Crippen molar-refractivity contribution in [2.24, 2.45) is 0 Å². The van der Waals surface area contributed by atoms with Gasteiger partial charge >= 0.3 is 0 Å². The van der Waals surface area contributed by atoms with Gasteiger partial charge in [0.2, 0.25) is 0 Å². The summed E-state index contributed by atoms with van der Waals surface area (Å²) in [4.78, 5) is 0. The Morgan fingerprint density at radius 3 is 2.88 bits per heavy atom. The van der Waals surface area contributed by atoms with Gasteiger partial charge in [-0.2, -0.15) is 0 Å². The first-order valence-electron chi connectivity index (χ1n) is 5.41. The number of aliphatic hydroxyl groups excluding tert-OH is 1. The molecule has 0 amide bonds. The number of hydrogen-bond donors (Lipinski definition) is 2. The number of aromatic nitrogens is 1. The molecule has 16 heavy (non-hydrogen) atoms. The van der Waals surface area contributed by atoms with Crippen LogP contribution in [0.2, 0.25) is 0 Å². The van der Waals surface area contributed by atoms with Gasteiger partial charge in [0.05, 0.1) is 6.54 Å². The molecule has 1 rings (SSSR count). The predicted octanol–water partition coefficient (Wildman–Crippen LogP) is 1.62. The first-order valence-corrected chi connectivity index (χ1v) is 5.41. The van der Waals surface area contributed by atoms with Gasteiger partial charge in [-0.25, -0.2) is 8.78 Å². The molecule has 0 atom stereocenters. The molecule has 0 radical (unpaired) electrons. The number of rotatable bonds is 7. The fourth-order valence-corrected chi connectivity index (χ4v) is 1.44. The summed E-state index contributed by atoms with van der Waals surface area (Å²) < 4.78 is 27.4. The maximum Gasteiger partial charge on any atom is 0.282 e. The van der Waals surface area contributed by atoms with E-state index in [4.69, 9.17) is 5.11 Å². The van der Waals surface area contributed by atoms with Crippen molar-refractivity contribution in [2.75, 3.05) is 13.2 Å². The lowest BCUT2D eigenvalue weighted by molar-refractivity contribution is -0.0477. The molecule has 3 nitrogen and oxygen atoms in total. The molecule has 5 heteroatoms. The Labute approximate surface area is 94.1 Å². The van der Waals surface area contributed by atoms with Crippen LogP contribution in [0.4, 0.5) is 8.78 Å². The lowest BCUT2D eigenvalue weighted by Gasteiger charge is -2.13. The molecule has 0 spiro atoms. The standard InChI is InChI=1S/C11H18F2N2O/c1-2-4-15-5-3-10(7-15)6-14-8-11(12,13)9-16/h3,5,7,14,16H,2,4,6,8-9H2,1H3. The Kier molecular flexibility index (Phi) is 4.89. The van der Waals surface area contributed by atoms with Crippen LogP contribution >= 0.6 is 0 Å². The van der Waals surface area contributed by atoms with Crippen LogP contribution in [0.25, 0.3) is 0 Å². The molecule has 0 fully saturated rings. The van der Waals surface area contributed by atoms with Crippen molar-refractivity contribution in [1.29, 1.82) is 0 Å². The van der Waals surface area contributed by atoms with Gasteiger partial charge in [0.15, 0.2) is 0 Å². The summed E-state index contributed by atoms with van der Waals surface area (Å²) in [5, 5.41) is 11.0. The van der Waals surface area contributed by atoms with E-state index in [0.29, 0.717) is 6.54 Å². The topological polar surface area (TPSA) is 37.2 Å². The van der Waals surface area contributed by atoms with Crippen molar-refractivity contribution in [3.63, 3.8) is 0 Å². The zero-order valence-electron chi connectivity index (χ0n) is 9.42. The van der Waals surface area contributed by atoms with Crippen molar-refractivity contribution in [3.05, 3.63) is 24.0 Å². The smallest absolute Gasteiger partial charge is 0.282 e. The molecule has 0 aliphatic heterocycles. The lowest BCUT2D eigenvalue weighted by atomic mass is 10.3. The molecule has 0 unspecified atom stereocenters. The number of halogens is 2. The first kappa shape index (κ1) is 13.1. The summed E-state index contributed by atoms with van der Waals surface area (Å²) >= 11 is 0. The third-order valence-electron chi connectivity index (χ3n) is 2.24. The lowest BCUT2D eigenvalue weighted by Crippen LogP contribution is -2.35. The van der Waals surface area contributed by atoms with Crippen LogP contribution in [-0.4, -0.2) is 28.7 Å². The van der Waals surface area contributed by atoms with Crippen molar-refractivity contribution in [2.45, 2.75) is 32.4 Å². The third-order valence-corrected chi connectivity index (χ3v) is 2.24. The molecule has 92 valence electrons. The number of alkyl halides is 2. The monoisotopic (exact) mass is 232 g/mol. The van der Waals surface area contributed by atoms with Crippen LogP contribution in [0.3, 0.4) is 0 Å². The van der Waals surface area contributed by atoms with Crippen molar-refractivity contribution < 1.29 is 13.9 Å². The minimum atomic E-state index is -3.04. The largest absolute Gasteiger partial charge is 0.390 e. The van der Waals surface area contributed by atoms with Crippen molar-refractivity contribution in [3.8, 4) is 0 Å². The normalized spacial score (nSPS) is 12.0. The minimum absolute atomic E-state index is 0.395. The van der Waals surface area contributed by atoms with E-state index in [2.05, 4.69) is 12.2 Å². The fourth-order valence-electron chi connectivity index (χ4n) is 1.44. The number of hydrogen-bond acceptors (Lipinski definition) is 2. The molecular formula is C11H18F2N2O. The Hall–Kier alpha value is -0.940. The van der Waals surface area contributed by atoms with Gasteiger partial charge < -0.3 is 15.0 Å². The van der Waals surface area contributed by atoms with E-state index in [1.165, 1.54) is 0 Å². The Balaban J connectivity index is 2.31. The number of nitrogens with zero attached hydrogens (tertiary/aromatic N) is 1. The van der Waals surface area contributed by atoms with E-state index in [0.717, 1.165) is 18.5 Å². The molecule has 2 N–H and O–H groups in total. The van der Waals surface area contributed by atoms with Crippen molar-refractivity contribution in [1.82, 2.24) is 9.88 Å². The van der Waals surface area contributed by atoms with Gasteiger partial charge in [0.1, 0.15) is 6.61 Å². The molecular weight excluding hydrogens is 214 g/mol. The fraction of sp³-hybridized carbons (Fsp3) is 0.636. The molecule has 0 aliphatic carbocycles. The van der Waals surface area contributed by atoms with Gasteiger partial charge in [-0.05, 0) is 18.1 Å². The first-order chi connectivity index (χ1) is 7.57. The summed E-state index contributed by atoms with van der Waals surface area (Å²) in [5.41, 5.74) is 0.974. The van der Waals surface area contributed by atoms with Crippen LogP contribution in [-0.2, 0) is 13.1 Å². The summed E-state index contributed by atoms with van der Waals surface area (Å²) in [6, 6.07) is 1.90. The highest BCUT2D eigenvalue weighted by atomic mass is 19.3. The van der Waals surface area contributed by atoms with Gasteiger partial charge in [0.25, 0.3) is 5.92 Å². The summed E-state index contributed by atoms with van der Waals surface area (Å²) in [6.45, 7) is 1.80. The quantitative estimate of drug-likeness (QED) is 0.749. The highest BCUT2D eigenvalue weighted by molar-refractivity contribution is 5.09. The summed E-state index contributed by atoms with van der Waals surface area (Å²) in [7, 11) is 0. The average Bonchev–Trinajstić information content (AvgIpc) is 2.66. The van der Waals surface area contributed by atoms with Crippen LogP contribution < -0.4 is 5.32 Å². The number of nitrogens with one attached hydrogen (secondary N) is 1. The van der Waals surface area contributed by atoms with E-state index in [9.17, 15) is 8.78 Å². The van der Waals surface area contributed by atoms with E-state index in [1.807, 2.05) is 23.0 Å². The number of aryl methyl sites for hydroxylation is 1. The molecule has 0 saturated carbocycles. The van der Waals surface area contributed by atoms with Gasteiger partial charge in [0, 0.05) is 25.5 Å². The maximum absolute atomic E-state index is 12.7. The van der Waals surface area contributed by atoms with E-state index < -0.39 is 19.1 Å².